The van der Waals surface area contributed by atoms with Crippen LogP contribution in [0.5, 0.6) is 0 Å². The molecule has 6 heteroatoms. The van der Waals surface area contributed by atoms with Gasteiger partial charge in [-0.15, -0.1) is 4.52 Å². The second-order valence-electron chi connectivity index (χ2n) is 1.67. The fraction of sp³-hybridized carbons (Fsp3) is 0.600. The SMILES string of the molecule is CO[P+](=O)C=CCC(F)(F)F. The van der Waals surface area contributed by atoms with E-state index < -0.39 is 20.6 Å². The third kappa shape index (κ3) is 7.49. The molecule has 0 bridgehead atoms. The van der Waals surface area contributed by atoms with Gasteiger partial charge >= 0.3 is 14.2 Å². The molecule has 0 amide bonds. The lowest BCUT2D eigenvalue weighted by atomic mass is 10.4. The highest BCUT2D eigenvalue weighted by atomic mass is 31.1. The number of halogens is 3. The lowest BCUT2D eigenvalue weighted by Gasteiger charge is -1.97. The summed E-state index contributed by atoms with van der Waals surface area (Å²) in [5.74, 6) is 0.892. The summed E-state index contributed by atoms with van der Waals surface area (Å²) in [6, 6.07) is 0. The highest BCUT2D eigenvalue weighted by Crippen LogP contribution is 2.25. The van der Waals surface area contributed by atoms with E-state index in [0.717, 1.165) is 19.0 Å². The van der Waals surface area contributed by atoms with Gasteiger partial charge < -0.3 is 0 Å². The molecule has 0 heterocycles. The first-order valence-electron chi connectivity index (χ1n) is 2.69. The molecule has 0 aliphatic rings. The summed E-state index contributed by atoms with van der Waals surface area (Å²) >= 11 is 0. The molecule has 0 spiro atoms. The maximum absolute atomic E-state index is 11.4. The molecule has 0 aliphatic carbocycles. The fourth-order valence-electron chi connectivity index (χ4n) is 0.333. The van der Waals surface area contributed by atoms with Gasteiger partial charge in [-0.2, -0.15) is 13.2 Å². The van der Waals surface area contributed by atoms with Gasteiger partial charge in [0.2, 0.25) is 0 Å². The lowest BCUT2D eigenvalue weighted by molar-refractivity contribution is -0.124. The van der Waals surface area contributed by atoms with E-state index in [1.165, 1.54) is 0 Å². The molecule has 11 heavy (non-hydrogen) atoms. The van der Waals surface area contributed by atoms with Crippen LogP contribution >= 0.6 is 8.03 Å². The predicted octanol–water partition coefficient (Wildman–Crippen LogP) is 2.84. The van der Waals surface area contributed by atoms with Crippen LogP contribution in [0.4, 0.5) is 13.2 Å². The van der Waals surface area contributed by atoms with Gasteiger partial charge in [-0.3, -0.25) is 0 Å². The van der Waals surface area contributed by atoms with Gasteiger partial charge in [-0.25, -0.2) is 0 Å². The first-order chi connectivity index (χ1) is 4.95. The molecule has 0 aromatic heterocycles. The van der Waals surface area contributed by atoms with E-state index in [0.29, 0.717) is 0 Å². The summed E-state index contributed by atoms with van der Waals surface area (Å²) in [7, 11) is -0.899. The largest absolute Gasteiger partial charge is 0.540 e. The first-order valence-corrected chi connectivity index (χ1v) is 3.94. The number of rotatable bonds is 3. The van der Waals surface area contributed by atoms with Crippen LogP contribution in [0.2, 0.25) is 0 Å². The van der Waals surface area contributed by atoms with Crippen molar-refractivity contribution in [3.8, 4) is 0 Å². The molecule has 0 saturated heterocycles. The number of allylic oxidation sites excluding steroid dienone is 1. The van der Waals surface area contributed by atoms with Crippen LogP contribution in [0.3, 0.4) is 0 Å². The molecule has 64 valence electrons. The van der Waals surface area contributed by atoms with Gasteiger partial charge in [0.25, 0.3) is 0 Å². The number of alkyl halides is 3. The van der Waals surface area contributed by atoms with Crippen LogP contribution in [0.25, 0.3) is 0 Å². The predicted molar refractivity (Wildman–Crippen MR) is 34.4 cm³/mol. The van der Waals surface area contributed by atoms with Crippen LogP contribution in [0.15, 0.2) is 11.9 Å². The van der Waals surface area contributed by atoms with Crippen molar-refractivity contribution >= 4 is 8.03 Å². The number of hydrogen-bond donors (Lipinski definition) is 0. The zero-order valence-electron chi connectivity index (χ0n) is 5.76. The third-order valence-electron chi connectivity index (χ3n) is 0.756. The summed E-state index contributed by atoms with van der Waals surface area (Å²) in [5.41, 5.74) is 0. The smallest absolute Gasteiger partial charge is 0.171 e. The van der Waals surface area contributed by atoms with Gasteiger partial charge in [-0.1, -0.05) is 0 Å². The Morgan fingerprint density at radius 3 is 2.45 bits per heavy atom. The van der Waals surface area contributed by atoms with Crippen LogP contribution < -0.4 is 0 Å². The van der Waals surface area contributed by atoms with Gasteiger partial charge in [0.1, 0.15) is 0 Å². The van der Waals surface area contributed by atoms with Crippen molar-refractivity contribution in [1.82, 2.24) is 0 Å². The van der Waals surface area contributed by atoms with Gasteiger partial charge in [-0.05, 0) is 10.6 Å². The van der Waals surface area contributed by atoms with Crippen molar-refractivity contribution in [2.45, 2.75) is 12.6 Å². The molecule has 0 N–H and O–H groups in total. The fourth-order valence-corrected chi connectivity index (χ4v) is 0.733. The van der Waals surface area contributed by atoms with Crippen molar-refractivity contribution in [3.05, 3.63) is 11.9 Å². The van der Waals surface area contributed by atoms with Gasteiger partial charge in [0.05, 0.1) is 13.5 Å². The minimum Gasteiger partial charge on any atom is -0.171 e. The third-order valence-corrected chi connectivity index (χ3v) is 1.57. The van der Waals surface area contributed by atoms with Crippen molar-refractivity contribution in [1.29, 1.82) is 0 Å². The minimum atomic E-state index is -4.24. The maximum Gasteiger partial charge on any atom is 0.540 e. The Labute approximate surface area is 62.9 Å². The van der Waals surface area contributed by atoms with Crippen LogP contribution in [-0.4, -0.2) is 13.3 Å². The average molecular weight is 187 g/mol. The summed E-state index contributed by atoms with van der Waals surface area (Å²) in [5, 5.41) is 0. The summed E-state index contributed by atoms with van der Waals surface area (Å²) in [6.07, 6.45) is -4.53. The van der Waals surface area contributed by atoms with Crippen molar-refractivity contribution in [3.63, 3.8) is 0 Å². The van der Waals surface area contributed by atoms with Crippen molar-refractivity contribution in [2.75, 3.05) is 7.11 Å². The Morgan fingerprint density at radius 2 is 2.09 bits per heavy atom. The zero-order chi connectivity index (χ0) is 8.91. The standard InChI is InChI=1S/C5H7F3O2P/c1-10-11(9)4-2-3-5(6,7)8/h2,4H,3H2,1H3/q+1. The van der Waals surface area contributed by atoms with Crippen molar-refractivity contribution in [2.24, 2.45) is 0 Å². The first kappa shape index (κ1) is 10.6. The Balaban J connectivity index is 3.70. The minimum absolute atomic E-state index is 0.780. The normalized spacial score (nSPS) is 14.0. The van der Waals surface area contributed by atoms with Gasteiger partial charge in [0, 0.05) is 0 Å². The molecule has 2 nitrogen and oxygen atoms in total. The topological polar surface area (TPSA) is 26.3 Å². The van der Waals surface area contributed by atoms with E-state index in [1.54, 1.807) is 0 Å². The molecule has 0 rings (SSSR count). The molecule has 1 unspecified atom stereocenters. The van der Waals surface area contributed by atoms with Crippen LogP contribution in [-0.2, 0) is 9.09 Å². The van der Waals surface area contributed by atoms with E-state index in [9.17, 15) is 17.7 Å². The van der Waals surface area contributed by atoms with Crippen LogP contribution in [0.1, 0.15) is 6.42 Å². The molecule has 1 atom stereocenters. The molecule has 0 radical (unpaired) electrons. The number of hydrogen-bond acceptors (Lipinski definition) is 2. The molecule has 0 saturated carbocycles. The van der Waals surface area contributed by atoms with E-state index in [-0.39, 0.29) is 0 Å². The highest BCUT2D eigenvalue weighted by molar-refractivity contribution is 7.42. The quantitative estimate of drug-likeness (QED) is 0.635. The van der Waals surface area contributed by atoms with E-state index in [4.69, 9.17) is 0 Å². The summed E-state index contributed by atoms with van der Waals surface area (Å²) in [4.78, 5) is 0. The summed E-state index contributed by atoms with van der Waals surface area (Å²) in [6.45, 7) is 0. The average Bonchev–Trinajstić information content (AvgIpc) is 1.85. The van der Waals surface area contributed by atoms with Crippen molar-refractivity contribution < 1.29 is 22.3 Å². The maximum atomic E-state index is 11.4. The van der Waals surface area contributed by atoms with E-state index in [2.05, 4.69) is 4.52 Å². The molecular formula is C5H7F3O2P+. The second kappa shape index (κ2) is 4.46. The molecule has 0 aromatic rings. The lowest BCUT2D eigenvalue weighted by Crippen LogP contribution is -2.03. The molecule has 0 aromatic carbocycles. The molecule has 0 aliphatic heterocycles. The zero-order valence-corrected chi connectivity index (χ0v) is 6.65. The summed E-state index contributed by atoms with van der Waals surface area (Å²) < 4.78 is 48.9. The Bertz CT molecular complexity index is 164. The molecule has 0 fully saturated rings. The highest BCUT2D eigenvalue weighted by Gasteiger charge is 2.25. The second-order valence-corrected chi connectivity index (χ2v) is 2.91. The van der Waals surface area contributed by atoms with E-state index >= 15 is 0 Å². The monoisotopic (exact) mass is 187 g/mol. The van der Waals surface area contributed by atoms with Crippen LogP contribution in [0, 0.1) is 0 Å². The Morgan fingerprint density at radius 1 is 1.55 bits per heavy atom. The Kier molecular flexibility index (Phi) is 4.30. The van der Waals surface area contributed by atoms with E-state index in [1.807, 2.05) is 0 Å². The molecular weight excluding hydrogens is 180 g/mol. The van der Waals surface area contributed by atoms with Gasteiger partial charge in [0.15, 0.2) is 5.82 Å². The Hall–Kier alpha value is -0.410.